The van der Waals surface area contributed by atoms with Crippen molar-refractivity contribution in [1.82, 2.24) is 4.90 Å². The normalized spacial score (nSPS) is 16.3. The maximum Gasteiger partial charge on any atom is 0.211 e. The van der Waals surface area contributed by atoms with Crippen LogP contribution in [0.3, 0.4) is 0 Å². The van der Waals surface area contributed by atoms with Gasteiger partial charge in [0.1, 0.15) is 25.4 Å². The van der Waals surface area contributed by atoms with E-state index in [1.165, 1.54) is 6.20 Å². The van der Waals surface area contributed by atoms with Crippen LogP contribution in [0.25, 0.3) is 0 Å². The smallest absolute Gasteiger partial charge is 0.211 e. The average Bonchev–Trinajstić information content (AvgIpc) is 3.17. The van der Waals surface area contributed by atoms with Gasteiger partial charge >= 0.3 is 0 Å². The summed E-state index contributed by atoms with van der Waals surface area (Å²) in [5, 5.41) is 17.0. The fraction of sp³-hybridized carbons (Fsp3) is 0.379. The Morgan fingerprint density at radius 1 is 1.28 bits per heavy atom. The topological polar surface area (TPSA) is 101 Å². The van der Waals surface area contributed by atoms with Gasteiger partial charge < -0.3 is 36.0 Å². The molecule has 0 radical (unpaired) electrons. The quantitative estimate of drug-likeness (QED) is 0.154. The molecule has 2 rings (SSSR count). The number of rotatable bonds is 14. The Hall–Kier alpha value is -3.53. The number of ether oxygens (including phenoxy) is 1. The number of methoxy groups -OCH3 is 1. The first kappa shape index (κ1) is 31.7. The third-order valence-corrected chi connectivity index (χ3v) is 6.29. The first-order chi connectivity index (χ1) is 18.5. The van der Waals surface area contributed by atoms with Gasteiger partial charge in [-0.1, -0.05) is 23.8 Å². The second-order valence-corrected chi connectivity index (χ2v) is 9.90. The highest BCUT2D eigenvalue weighted by atomic mass is 35.5. The van der Waals surface area contributed by atoms with E-state index in [1.54, 1.807) is 18.6 Å². The molecule has 0 fully saturated rings. The molecule has 1 aliphatic rings. The zero-order valence-corrected chi connectivity index (χ0v) is 24.7. The summed E-state index contributed by atoms with van der Waals surface area (Å²) < 4.78 is 7.43. The largest absolute Gasteiger partial charge is 0.495 e. The third kappa shape index (κ3) is 9.02. The Bertz CT molecular complexity index is 1200. The molecule has 10 heteroatoms. The maximum atomic E-state index is 10.1. The molecular weight excluding hydrogens is 514 g/mol. The Labute approximate surface area is 238 Å². The minimum absolute atomic E-state index is 0.238. The van der Waals surface area contributed by atoms with Crippen molar-refractivity contribution in [3.05, 3.63) is 71.2 Å². The Kier molecular flexibility index (Phi) is 12.3. The Balaban J connectivity index is 2.44. The van der Waals surface area contributed by atoms with Crippen molar-refractivity contribution in [2.45, 2.75) is 26.5 Å². The van der Waals surface area contributed by atoms with Crippen molar-refractivity contribution in [3.8, 4) is 5.75 Å². The van der Waals surface area contributed by atoms with Crippen LogP contribution in [0.15, 0.2) is 76.2 Å². The van der Waals surface area contributed by atoms with Gasteiger partial charge in [-0.3, -0.25) is 4.99 Å². The summed E-state index contributed by atoms with van der Waals surface area (Å²) in [4.78, 5) is 9.09. The van der Waals surface area contributed by atoms with Crippen molar-refractivity contribution in [1.29, 1.82) is 0 Å². The Morgan fingerprint density at radius 3 is 2.59 bits per heavy atom. The van der Waals surface area contributed by atoms with Crippen LogP contribution in [0, 0.1) is 0 Å². The van der Waals surface area contributed by atoms with Gasteiger partial charge in [0.05, 0.1) is 41.0 Å². The van der Waals surface area contributed by atoms with E-state index in [9.17, 15) is 5.11 Å². The fourth-order valence-electron chi connectivity index (χ4n) is 3.90. The number of aliphatic hydroxyl groups excluding tert-OH is 1. The van der Waals surface area contributed by atoms with Gasteiger partial charge in [0, 0.05) is 43.9 Å². The van der Waals surface area contributed by atoms with Gasteiger partial charge in [0.25, 0.3) is 0 Å². The number of anilines is 3. The molecule has 0 amide bonds. The van der Waals surface area contributed by atoms with E-state index in [-0.39, 0.29) is 6.67 Å². The molecule has 1 aliphatic heterocycles. The minimum Gasteiger partial charge on any atom is -0.495 e. The molecule has 1 aromatic rings. The molecule has 1 atom stereocenters. The molecule has 0 bridgehead atoms. The average molecular weight is 557 g/mol. The lowest BCUT2D eigenvalue weighted by molar-refractivity contribution is -0.378. The lowest BCUT2D eigenvalue weighted by Gasteiger charge is -2.27. The highest BCUT2D eigenvalue weighted by Crippen LogP contribution is 2.37. The van der Waals surface area contributed by atoms with Crippen LogP contribution in [0.1, 0.15) is 20.3 Å². The molecule has 0 saturated carbocycles. The van der Waals surface area contributed by atoms with Crippen LogP contribution < -0.4 is 26.0 Å². The second kappa shape index (κ2) is 15.2. The monoisotopic (exact) mass is 556 g/mol. The summed E-state index contributed by atoms with van der Waals surface area (Å²) in [5.41, 5.74) is 11.4. The van der Waals surface area contributed by atoms with Gasteiger partial charge in [-0.25, -0.2) is 0 Å². The van der Waals surface area contributed by atoms with Crippen molar-refractivity contribution in [2.75, 3.05) is 63.5 Å². The van der Waals surface area contributed by atoms with Gasteiger partial charge in [0.15, 0.2) is 6.20 Å². The lowest BCUT2D eigenvalue weighted by Crippen LogP contribution is -2.29. The zero-order chi connectivity index (χ0) is 29.1. The number of halogens is 1. The number of aliphatic hydroxyl groups is 1. The fourth-order valence-corrected chi connectivity index (χ4v) is 4.03. The summed E-state index contributed by atoms with van der Waals surface area (Å²) in [5.74, 6) is 0.653. The van der Waals surface area contributed by atoms with Gasteiger partial charge in [0.2, 0.25) is 5.70 Å². The minimum atomic E-state index is -0.738. The van der Waals surface area contributed by atoms with Gasteiger partial charge in [-0.05, 0) is 46.7 Å². The Morgan fingerprint density at radius 2 is 2.00 bits per heavy atom. The standard InChI is InChI=1S/C29H43ClN7O2/c1-9-10-11-23-20(2)37(7)18-24(23)25(14-22(30)17-31)32-19-33-27-15-26(34-21(3)38)28(16-29(27)39-8)36(6)13-12-35(4)5/h9-11,15-18,21,33-34,38H,2,7,12-14,19,31H2,1,3-6,8H3/q+1/b10-9-,22-17+,23-11+,32-25?/t21-/m1/s1. The number of nitrogens with two attached hydrogens (primary N) is 1. The maximum absolute atomic E-state index is 10.1. The van der Waals surface area contributed by atoms with E-state index in [4.69, 9.17) is 27.1 Å². The highest BCUT2D eigenvalue weighted by molar-refractivity contribution is 6.31. The van der Waals surface area contributed by atoms with Gasteiger partial charge in [-0.2, -0.15) is 4.58 Å². The molecule has 0 aromatic heterocycles. The van der Waals surface area contributed by atoms with Crippen LogP contribution >= 0.6 is 11.6 Å². The molecule has 39 heavy (non-hydrogen) atoms. The molecule has 1 heterocycles. The van der Waals surface area contributed by atoms with Crippen molar-refractivity contribution < 1.29 is 14.4 Å². The number of benzene rings is 1. The van der Waals surface area contributed by atoms with Crippen LogP contribution in [-0.4, -0.2) is 81.3 Å². The van der Waals surface area contributed by atoms with Crippen LogP contribution in [-0.2, 0) is 0 Å². The number of allylic oxidation sites excluding steroid dienone is 5. The molecular formula is C29H43ClN7O2+. The van der Waals surface area contributed by atoms with Crippen molar-refractivity contribution in [2.24, 2.45) is 10.7 Å². The van der Waals surface area contributed by atoms with Crippen LogP contribution in [0.2, 0.25) is 0 Å². The molecule has 9 nitrogen and oxygen atoms in total. The van der Waals surface area contributed by atoms with E-state index >= 15 is 0 Å². The molecule has 212 valence electrons. The molecule has 0 spiro atoms. The van der Waals surface area contributed by atoms with Crippen molar-refractivity contribution in [3.63, 3.8) is 0 Å². The molecule has 0 unspecified atom stereocenters. The number of likely N-dealkylation sites (N-methyl/N-ethyl adjacent to an activating group) is 2. The lowest BCUT2D eigenvalue weighted by atomic mass is 9.99. The van der Waals surface area contributed by atoms with E-state index in [0.717, 1.165) is 52.7 Å². The number of hydrogen-bond donors (Lipinski definition) is 4. The predicted octanol–water partition coefficient (Wildman–Crippen LogP) is 4.31. The van der Waals surface area contributed by atoms with E-state index in [0.29, 0.717) is 17.2 Å². The predicted molar refractivity (Wildman–Crippen MR) is 166 cm³/mol. The molecule has 0 saturated heterocycles. The number of nitrogens with one attached hydrogen (secondary N) is 2. The summed E-state index contributed by atoms with van der Waals surface area (Å²) >= 11 is 6.33. The van der Waals surface area contributed by atoms with Crippen molar-refractivity contribution >= 4 is 41.1 Å². The zero-order valence-electron chi connectivity index (χ0n) is 24.0. The van der Waals surface area contributed by atoms with E-state index < -0.39 is 6.23 Å². The van der Waals surface area contributed by atoms with E-state index in [2.05, 4.69) is 33.7 Å². The van der Waals surface area contributed by atoms with Crippen LogP contribution in [0.4, 0.5) is 17.1 Å². The first-order valence-electron chi connectivity index (χ1n) is 12.7. The third-order valence-electron chi connectivity index (χ3n) is 6.03. The SMILES string of the molecule is C=C1/C(=C\C=C/C)C(C(C/C(Cl)=C\N)=NCNc2cc(N[C@@H](C)O)c(N(C)CCN(C)C)cc2OC)=C[N+]1=C. The molecule has 5 N–H and O–H groups in total. The first-order valence-corrected chi connectivity index (χ1v) is 13.1. The summed E-state index contributed by atoms with van der Waals surface area (Å²) in [6.07, 6.45) is 8.74. The number of aliphatic imine (C=N–C) groups is 1. The summed E-state index contributed by atoms with van der Waals surface area (Å²) in [6, 6.07) is 3.87. The van der Waals surface area contributed by atoms with Crippen LogP contribution in [0.5, 0.6) is 5.75 Å². The summed E-state index contributed by atoms with van der Waals surface area (Å²) in [6.45, 7) is 13.7. The molecule has 0 aliphatic carbocycles. The number of nitrogens with zero attached hydrogens (tertiary/aromatic N) is 4. The molecule has 1 aromatic carbocycles. The van der Waals surface area contributed by atoms with Gasteiger partial charge in [-0.15, -0.1) is 0 Å². The summed E-state index contributed by atoms with van der Waals surface area (Å²) in [7, 11) is 7.71. The number of hydrogen-bond acceptors (Lipinski definition) is 8. The van der Waals surface area contributed by atoms with E-state index in [1.807, 2.05) is 64.6 Å². The highest BCUT2D eigenvalue weighted by Gasteiger charge is 2.29. The second-order valence-electron chi connectivity index (χ2n) is 9.41.